The minimum Gasteiger partial charge on any atom is -0.488 e. The number of allylic oxidation sites excluding steroid dienone is 1. The molecule has 1 unspecified atom stereocenters. The maximum Gasteiger partial charge on any atom is 0.355 e. The van der Waals surface area contributed by atoms with Gasteiger partial charge in [-0.25, -0.2) is 18.4 Å². The molecule has 1 atom stereocenters. The maximum atomic E-state index is 14.7. The van der Waals surface area contributed by atoms with Gasteiger partial charge >= 0.3 is 11.9 Å². The van der Waals surface area contributed by atoms with Crippen LogP contribution in [0.2, 0.25) is 0 Å². The molecule has 0 spiro atoms. The molecular formula is C24H21F2N3O5. The number of ether oxygens (including phenoxy) is 3. The first kappa shape index (κ1) is 24.3. The predicted octanol–water partition coefficient (Wildman–Crippen LogP) is 3.26. The van der Waals surface area contributed by atoms with Gasteiger partial charge in [-0.2, -0.15) is 5.26 Å². The molecule has 0 saturated heterocycles. The predicted molar refractivity (Wildman–Crippen MR) is 117 cm³/mol. The quantitative estimate of drug-likeness (QED) is 0.641. The first-order valence-corrected chi connectivity index (χ1v) is 10.1. The molecule has 3 rings (SSSR count). The number of halogens is 2. The van der Waals surface area contributed by atoms with Crippen LogP contribution in [0.5, 0.6) is 5.75 Å². The van der Waals surface area contributed by atoms with E-state index in [0.717, 1.165) is 31.3 Å². The number of methoxy groups -OCH3 is 2. The van der Waals surface area contributed by atoms with Crippen molar-refractivity contribution in [2.75, 3.05) is 25.7 Å². The largest absolute Gasteiger partial charge is 0.488 e. The summed E-state index contributed by atoms with van der Waals surface area (Å²) in [5, 5.41) is 9.96. The Morgan fingerprint density at radius 1 is 1.09 bits per heavy atom. The highest BCUT2D eigenvalue weighted by Crippen LogP contribution is 2.44. The normalized spacial score (nSPS) is 15.6. The Bertz CT molecular complexity index is 1210. The van der Waals surface area contributed by atoms with E-state index in [2.05, 4.69) is 0 Å². The van der Waals surface area contributed by atoms with E-state index in [4.69, 9.17) is 19.9 Å². The Morgan fingerprint density at radius 3 is 2.18 bits per heavy atom. The van der Waals surface area contributed by atoms with E-state index < -0.39 is 40.9 Å². The molecule has 176 valence electrons. The van der Waals surface area contributed by atoms with E-state index in [0.29, 0.717) is 5.56 Å². The van der Waals surface area contributed by atoms with Crippen molar-refractivity contribution >= 4 is 17.6 Å². The van der Waals surface area contributed by atoms with Crippen molar-refractivity contribution in [2.45, 2.75) is 12.8 Å². The number of nitrogens with two attached hydrogens (primary N) is 1. The first-order valence-electron chi connectivity index (χ1n) is 10.1. The summed E-state index contributed by atoms with van der Waals surface area (Å²) in [6.07, 6.45) is 0. The Balaban J connectivity index is 2.40. The van der Waals surface area contributed by atoms with Crippen molar-refractivity contribution in [3.63, 3.8) is 0 Å². The number of carbonyl (C=O) groups excluding carboxylic acids is 2. The zero-order valence-corrected chi connectivity index (χ0v) is 18.6. The Kier molecular flexibility index (Phi) is 7.16. The molecule has 34 heavy (non-hydrogen) atoms. The third-order valence-corrected chi connectivity index (χ3v) is 5.14. The fourth-order valence-corrected chi connectivity index (χ4v) is 3.74. The molecule has 2 aromatic rings. The second-order valence-electron chi connectivity index (χ2n) is 7.01. The lowest BCUT2D eigenvalue weighted by Gasteiger charge is -2.36. The first-order chi connectivity index (χ1) is 16.3. The third kappa shape index (κ3) is 4.15. The van der Waals surface area contributed by atoms with Gasteiger partial charge in [0, 0.05) is 12.1 Å². The highest BCUT2D eigenvalue weighted by molar-refractivity contribution is 6.06. The number of nitrogens with zero attached hydrogens (tertiary/aromatic N) is 2. The molecule has 0 radical (unpaired) electrons. The lowest BCUT2D eigenvalue weighted by atomic mass is 9.81. The fourth-order valence-electron chi connectivity index (χ4n) is 3.74. The fraction of sp³-hybridized carbons (Fsp3) is 0.208. The zero-order chi connectivity index (χ0) is 25.0. The van der Waals surface area contributed by atoms with E-state index in [1.54, 1.807) is 37.3 Å². The Morgan fingerprint density at radius 2 is 1.68 bits per heavy atom. The monoisotopic (exact) mass is 469 g/mol. The Labute approximate surface area is 194 Å². The molecule has 0 saturated carbocycles. The minimum atomic E-state index is -1.10. The minimum absolute atomic E-state index is 0.0100. The van der Waals surface area contributed by atoms with Crippen molar-refractivity contribution in [2.24, 2.45) is 5.73 Å². The lowest BCUT2D eigenvalue weighted by molar-refractivity contribution is -0.139. The van der Waals surface area contributed by atoms with Crippen LogP contribution in [0.15, 0.2) is 65.1 Å². The van der Waals surface area contributed by atoms with Gasteiger partial charge in [-0.3, -0.25) is 4.90 Å². The number of nitriles is 1. The van der Waals surface area contributed by atoms with Gasteiger partial charge in [-0.1, -0.05) is 30.3 Å². The molecule has 0 fully saturated rings. The van der Waals surface area contributed by atoms with Crippen LogP contribution in [-0.4, -0.2) is 32.8 Å². The van der Waals surface area contributed by atoms with Gasteiger partial charge < -0.3 is 19.9 Å². The van der Waals surface area contributed by atoms with Crippen molar-refractivity contribution in [1.29, 1.82) is 5.26 Å². The molecule has 2 aromatic carbocycles. The van der Waals surface area contributed by atoms with Gasteiger partial charge in [-0.15, -0.1) is 0 Å². The summed E-state index contributed by atoms with van der Waals surface area (Å²) in [4.78, 5) is 26.8. The summed E-state index contributed by atoms with van der Waals surface area (Å²) in [6, 6.07) is 12.1. The zero-order valence-electron chi connectivity index (χ0n) is 18.6. The summed E-state index contributed by atoms with van der Waals surface area (Å²) in [5.74, 6) is -6.16. The van der Waals surface area contributed by atoms with Crippen LogP contribution in [0.4, 0.5) is 14.5 Å². The van der Waals surface area contributed by atoms with Crippen molar-refractivity contribution in [3.8, 4) is 11.8 Å². The van der Waals surface area contributed by atoms with E-state index in [-0.39, 0.29) is 29.3 Å². The molecule has 10 heteroatoms. The SMILES string of the molecule is CCOc1c(F)cc(N2C(N)=C(C#N)C(c3ccccc3)C(C(=O)OC)=C2C(=O)OC)cc1F. The van der Waals surface area contributed by atoms with Gasteiger partial charge in [-0.05, 0) is 12.5 Å². The number of anilines is 1. The van der Waals surface area contributed by atoms with Crippen molar-refractivity contribution in [1.82, 2.24) is 0 Å². The maximum absolute atomic E-state index is 14.7. The molecule has 0 amide bonds. The lowest BCUT2D eigenvalue weighted by Crippen LogP contribution is -2.40. The highest BCUT2D eigenvalue weighted by Gasteiger charge is 2.43. The second-order valence-corrected chi connectivity index (χ2v) is 7.01. The molecule has 1 heterocycles. The average molecular weight is 469 g/mol. The topological polar surface area (TPSA) is 115 Å². The smallest absolute Gasteiger partial charge is 0.355 e. The van der Waals surface area contributed by atoms with Gasteiger partial charge in [0.15, 0.2) is 17.4 Å². The van der Waals surface area contributed by atoms with Crippen LogP contribution in [-0.2, 0) is 19.1 Å². The Hall–Kier alpha value is -4.39. The van der Waals surface area contributed by atoms with Gasteiger partial charge in [0.05, 0.1) is 49.6 Å². The summed E-state index contributed by atoms with van der Waals surface area (Å²) in [7, 11) is 2.17. The number of rotatable bonds is 6. The number of esters is 2. The summed E-state index contributed by atoms with van der Waals surface area (Å²) in [6.45, 7) is 1.57. The molecular weight excluding hydrogens is 448 g/mol. The molecule has 2 N–H and O–H groups in total. The number of hydrogen-bond donors (Lipinski definition) is 1. The van der Waals surface area contributed by atoms with Crippen molar-refractivity contribution in [3.05, 3.63) is 82.3 Å². The molecule has 0 bridgehead atoms. The van der Waals surface area contributed by atoms with Crippen molar-refractivity contribution < 1.29 is 32.6 Å². The van der Waals surface area contributed by atoms with Crippen LogP contribution < -0.4 is 15.4 Å². The van der Waals surface area contributed by atoms with Gasteiger partial charge in [0.1, 0.15) is 11.5 Å². The molecule has 1 aliphatic rings. The average Bonchev–Trinajstić information content (AvgIpc) is 2.84. The molecule has 8 nitrogen and oxygen atoms in total. The standard InChI is InChI=1S/C24H21F2N3O5/c1-4-34-21-16(25)10-14(11-17(21)26)29-20(24(31)33-3)19(23(30)32-2)18(15(12-27)22(29)28)13-8-6-5-7-9-13/h5-11,18H,4,28H2,1-3H3. The molecule has 1 aliphatic heterocycles. The van der Waals surface area contributed by atoms with Crippen LogP contribution in [0.1, 0.15) is 18.4 Å². The highest BCUT2D eigenvalue weighted by atomic mass is 19.1. The number of benzene rings is 2. The summed E-state index contributed by atoms with van der Waals surface area (Å²) < 4.78 is 44.2. The van der Waals surface area contributed by atoms with Crippen LogP contribution >= 0.6 is 0 Å². The second kappa shape index (κ2) is 10.0. The molecule has 0 aliphatic carbocycles. The van der Waals surface area contributed by atoms with Crippen LogP contribution in [0.25, 0.3) is 0 Å². The van der Waals surface area contributed by atoms with E-state index >= 15 is 0 Å². The van der Waals surface area contributed by atoms with Gasteiger partial charge in [0.25, 0.3) is 0 Å². The third-order valence-electron chi connectivity index (χ3n) is 5.14. The number of carbonyl (C=O) groups is 2. The van der Waals surface area contributed by atoms with E-state index in [1.807, 2.05) is 6.07 Å². The van der Waals surface area contributed by atoms with E-state index in [9.17, 15) is 23.6 Å². The summed E-state index contributed by atoms with van der Waals surface area (Å²) in [5.41, 5.74) is 5.64. The molecule has 0 aromatic heterocycles. The van der Waals surface area contributed by atoms with Gasteiger partial charge in [0.2, 0.25) is 0 Å². The number of hydrogen-bond acceptors (Lipinski definition) is 8. The van der Waals surface area contributed by atoms with E-state index in [1.165, 1.54) is 0 Å². The van der Waals surface area contributed by atoms with Crippen LogP contribution in [0, 0.1) is 23.0 Å². The van der Waals surface area contributed by atoms with Crippen LogP contribution in [0.3, 0.4) is 0 Å². The summed E-state index contributed by atoms with van der Waals surface area (Å²) >= 11 is 0.